The van der Waals surface area contributed by atoms with Crippen LogP contribution < -0.4 is 10.9 Å². The number of amides is 2. The molecule has 1 saturated heterocycles. The van der Waals surface area contributed by atoms with Crippen molar-refractivity contribution in [2.45, 2.75) is 25.4 Å². The van der Waals surface area contributed by atoms with Crippen LogP contribution in [-0.4, -0.2) is 34.3 Å². The van der Waals surface area contributed by atoms with Gasteiger partial charge in [0.15, 0.2) is 0 Å². The number of hydrogen-bond acceptors (Lipinski definition) is 3. The molecule has 2 N–H and O–H groups in total. The SMILES string of the molecule is C=CC(=O)N1CCCC1C(=O)NCc1cc2ccc(F)cc2[nH]c1=O. The molecule has 7 heteroatoms. The Morgan fingerprint density at radius 1 is 1.40 bits per heavy atom. The predicted molar refractivity (Wildman–Crippen MR) is 91.3 cm³/mol. The summed E-state index contributed by atoms with van der Waals surface area (Å²) in [6, 6.07) is 5.19. The van der Waals surface area contributed by atoms with Gasteiger partial charge in [0.2, 0.25) is 11.8 Å². The summed E-state index contributed by atoms with van der Waals surface area (Å²) in [5, 5.41) is 3.38. The molecule has 6 nitrogen and oxygen atoms in total. The lowest BCUT2D eigenvalue weighted by Crippen LogP contribution is -2.45. The fourth-order valence-corrected chi connectivity index (χ4v) is 3.07. The Morgan fingerprint density at radius 3 is 2.96 bits per heavy atom. The highest BCUT2D eigenvalue weighted by Gasteiger charge is 2.32. The van der Waals surface area contributed by atoms with Gasteiger partial charge in [0, 0.05) is 18.7 Å². The number of nitrogens with one attached hydrogen (secondary N) is 2. The summed E-state index contributed by atoms with van der Waals surface area (Å²) in [4.78, 5) is 40.3. The second kappa shape index (κ2) is 6.88. The van der Waals surface area contributed by atoms with Crippen molar-refractivity contribution in [2.75, 3.05) is 6.54 Å². The van der Waals surface area contributed by atoms with Crippen LogP contribution >= 0.6 is 0 Å². The number of halogens is 1. The van der Waals surface area contributed by atoms with Gasteiger partial charge in [0.1, 0.15) is 11.9 Å². The van der Waals surface area contributed by atoms with Gasteiger partial charge in [-0.2, -0.15) is 0 Å². The molecular weight excluding hydrogens is 325 g/mol. The topological polar surface area (TPSA) is 82.3 Å². The Hall–Kier alpha value is -2.96. The highest BCUT2D eigenvalue weighted by Crippen LogP contribution is 2.18. The van der Waals surface area contributed by atoms with Crippen molar-refractivity contribution in [3.8, 4) is 0 Å². The van der Waals surface area contributed by atoms with Gasteiger partial charge in [0.25, 0.3) is 5.56 Å². The van der Waals surface area contributed by atoms with E-state index in [9.17, 15) is 18.8 Å². The Kier molecular flexibility index (Phi) is 4.65. The van der Waals surface area contributed by atoms with E-state index in [-0.39, 0.29) is 23.9 Å². The summed E-state index contributed by atoms with van der Waals surface area (Å²) in [5.74, 6) is -1.01. The van der Waals surface area contributed by atoms with Crippen molar-refractivity contribution in [1.29, 1.82) is 0 Å². The van der Waals surface area contributed by atoms with Gasteiger partial charge in [-0.25, -0.2) is 4.39 Å². The second-order valence-corrected chi connectivity index (χ2v) is 5.97. The average molecular weight is 343 g/mol. The quantitative estimate of drug-likeness (QED) is 0.825. The molecule has 2 amide bonds. The number of benzene rings is 1. The van der Waals surface area contributed by atoms with E-state index in [2.05, 4.69) is 16.9 Å². The molecular formula is C18H18FN3O3. The van der Waals surface area contributed by atoms with Crippen molar-refractivity contribution >= 4 is 22.7 Å². The van der Waals surface area contributed by atoms with Gasteiger partial charge in [-0.15, -0.1) is 0 Å². The maximum Gasteiger partial charge on any atom is 0.253 e. The molecule has 1 aliphatic heterocycles. The molecule has 0 spiro atoms. The Morgan fingerprint density at radius 2 is 2.20 bits per heavy atom. The number of carbonyl (C=O) groups is 2. The lowest BCUT2D eigenvalue weighted by molar-refractivity contribution is -0.135. The van der Waals surface area contributed by atoms with E-state index >= 15 is 0 Å². The molecule has 1 aliphatic rings. The van der Waals surface area contributed by atoms with Crippen LogP contribution in [0.25, 0.3) is 10.9 Å². The van der Waals surface area contributed by atoms with Gasteiger partial charge < -0.3 is 15.2 Å². The molecule has 2 aromatic rings. The minimum Gasteiger partial charge on any atom is -0.350 e. The average Bonchev–Trinajstić information content (AvgIpc) is 3.08. The number of pyridine rings is 1. The molecule has 1 aromatic carbocycles. The molecule has 1 atom stereocenters. The third kappa shape index (κ3) is 3.45. The molecule has 1 fully saturated rings. The summed E-state index contributed by atoms with van der Waals surface area (Å²) >= 11 is 0. The van der Waals surface area contributed by atoms with Crippen LogP contribution in [0.1, 0.15) is 18.4 Å². The molecule has 1 unspecified atom stereocenters. The zero-order chi connectivity index (χ0) is 18.0. The Labute approximate surface area is 143 Å². The van der Waals surface area contributed by atoms with Crippen molar-refractivity contribution < 1.29 is 14.0 Å². The largest absolute Gasteiger partial charge is 0.350 e. The fourth-order valence-electron chi connectivity index (χ4n) is 3.07. The van der Waals surface area contributed by atoms with E-state index in [4.69, 9.17) is 0 Å². The van der Waals surface area contributed by atoms with Crippen molar-refractivity contribution in [3.05, 3.63) is 58.7 Å². The maximum atomic E-state index is 13.2. The second-order valence-electron chi connectivity index (χ2n) is 5.97. The van der Waals surface area contributed by atoms with Gasteiger partial charge in [0.05, 0.1) is 5.52 Å². The number of hydrogen-bond donors (Lipinski definition) is 2. The predicted octanol–water partition coefficient (Wildman–Crippen LogP) is 1.46. The zero-order valence-electron chi connectivity index (χ0n) is 13.5. The number of nitrogens with zero attached hydrogens (tertiary/aromatic N) is 1. The molecule has 1 aromatic heterocycles. The molecule has 2 heterocycles. The number of aromatic amines is 1. The van der Waals surface area contributed by atoms with Crippen LogP contribution in [-0.2, 0) is 16.1 Å². The van der Waals surface area contributed by atoms with E-state index in [1.165, 1.54) is 23.1 Å². The summed E-state index contributed by atoms with van der Waals surface area (Å²) < 4.78 is 13.2. The van der Waals surface area contributed by atoms with E-state index in [0.29, 0.717) is 29.4 Å². The third-order valence-electron chi connectivity index (χ3n) is 4.35. The molecule has 0 aliphatic carbocycles. The van der Waals surface area contributed by atoms with Crippen LogP contribution in [0.3, 0.4) is 0 Å². The third-order valence-corrected chi connectivity index (χ3v) is 4.35. The normalized spacial score (nSPS) is 16.8. The smallest absolute Gasteiger partial charge is 0.253 e. The van der Waals surface area contributed by atoms with Crippen molar-refractivity contribution in [3.63, 3.8) is 0 Å². The highest BCUT2D eigenvalue weighted by molar-refractivity contribution is 5.93. The van der Waals surface area contributed by atoms with Gasteiger partial charge in [-0.05, 0) is 48.6 Å². The molecule has 25 heavy (non-hydrogen) atoms. The lowest BCUT2D eigenvalue weighted by atomic mass is 10.1. The zero-order valence-corrected chi connectivity index (χ0v) is 13.5. The van der Waals surface area contributed by atoms with E-state index in [1.54, 1.807) is 12.1 Å². The fraction of sp³-hybridized carbons (Fsp3) is 0.278. The molecule has 0 saturated carbocycles. The number of aromatic nitrogens is 1. The summed E-state index contributed by atoms with van der Waals surface area (Å²) in [6.07, 6.45) is 2.53. The van der Waals surface area contributed by atoms with E-state index in [1.807, 2.05) is 0 Å². The first kappa shape index (κ1) is 16.9. The van der Waals surface area contributed by atoms with Crippen LogP contribution in [0.4, 0.5) is 4.39 Å². The molecule has 3 rings (SSSR count). The first-order valence-corrected chi connectivity index (χ1v) is 8.02. The van der Waals surface area contributed by atoms with Crippen LogP contribution in [0.15, 0.2) is 41.7 Å². The van der Waals surface area contributed by atoms with Crippen molar-refractivity contribution in [2.24, 2.45) is 0 Å². The van der Waals surface area contributed by atoms with Crippen LogP contribution in [0.5, 0.6) is 0 Å². The van der Waals surface area contributed by atoms with Crippen molar-refractivity contribution in [1.82, 2.24) is 15.2 Å². The Balaban J connectivity index is 1.74. The molecule has 130 valence electrons. The Bertz CT molecular complexity index is 906. The number of carbonyl (C=O) groups excluding carboxylic acids is 2. The standard InChI is InChI=1S/C18H18FN3O3/c1-2-16(23)22-7-3-4-15(22)18(25)20-10-12-8-11-5-6-13(19)9-14(11)21-17(12)24/h2,5-6,8-9,15H,1,3-4,7,10H2,(H,20,25)(H,21,24). The minimum absolute atomic E-state index is 0.0358. The van der Waals surface area contributed by atoms with Crippen LogP contribution in [0.2, 0.25) is 0 Å². The summed E-state index contributed by atoms with van der Waals surface area (Å²) in [7, 11) is 0. The van der Waals surface area contributed by atoms with E-state index < -0.39 is 11.9 Å². The van der Waals surface area contributed by atoms with Crippen LogP contribution in [0, 0.1) is 5.82 Å². The van der Waals surface area contributed by atoms with Gasteiger partial charge in [-0.3, -0.25) is 14.4 Å². The lowest BCUT2D eigenvalue weighted by Gasteiger charge is -2.22. The summed E-state index contributed by atoms with van der Waals surface area (Å²) in [6.45, 7) is 4.00. The van der Waals surface area contributed by atoms with Gasteiger partial charge >= 0.3 is 0 Å². The first-order chi connectivity index (χ1) is 12.0. The number of fused-ring (bicyclic) bond motifs is 1. The minimum atomic E-state index is -0.542. The molecule has 0 bridgehead atoms. The van der Waals surface area contributed by atoms with E-state index in [0.717, 1.165) is 6.42 Å². The number of rotatable bonds is 4. The monoisotopic (exact) mass is 343 g/mol. The summed E-state index contributed by atoms with van der Waals surface area (Å²) in [5.41, 5.74) is 0.384. The number of H-pyrrole nitrogens is 1. The molecule has 0 radical (unpaired) electrons. The van der Waals surface area contributed by atoms with Gasteiger partial charge in [-0.1, -0.05) is 6.58 Å². The number of likely N-dealkylation sites (tertiary alicyclic amines) is 1. The maximum absolute atomic E-state index is 13.2. The highest BCUT2D eigenvalue weighted by atomic mass is 19.1. The first-order valence-electron chi connectivity index (χ1n) is 8.02.